The Morgan fingerprint density at radius 3 is 2.39 bits per heavy atom. The number of hydrogen-bond donors (Lipinski definition) is 0. The number of rotatable bonds is 3. The highest BCUT2D eigenvalue weighted by Gasteiger charge is 2.33. The minimum absolute atomic E-state index is 0.337. The predicted molar refractivity (Wildman–Crippen MR) is 64.3 cm³/mol. The van der Waals surface area contributed by atoms with Crippen LogP contribution in [-0.2, 0) is 6.18 Å². The lowest BCUT2D eigenvalue weighted by Crippen LogP contribution is -2.22. The fourth-order valence-electron chi connectivity index (χ4n) is 1.76. The maximum absolute atomic E-state index is 12.6. The first kappa shape index (κ1) is 14.4. The van der Waals surface area contributed by atoms with E-state index in [4.69, 9.17) is 5.26 Å². The zero-order valence-electron chi connectivity index (χ0n) is 10.5. The Labute approximate surface area is 105 Å². The fourth-order valence-corrected chi connectivity index (χ4v) is 1.76. The molecular weight excluding hydrogens is 241 g/mol. The molecule has 0 aliphatic rings. The van der Waals surface area contributed by atoms with Gasteiger partial charge in [0, 0.05) is 19.3 Å². The second kappa shape index (κ2) is 5.30. The van der Waals surface area contributed by atoms with E-state index in [1.165, 1.54) is 12.1 Å². The molecule has 0 aliphatic heterocycles. The van der Waals surface area contributed by atoms with Crippen LogP contribution in [0.1, 0.15) is 25.0 Å². The van der Waals surface area contributed by atoms with Gasteiger partial charge in [-0.05, 0) is 24.1 Å². The van der Waals surface area contributed by atoms with Crippen molar-refractivity contribution in [2.45, 2.75) is 20.0 Å². The van der Waals surface area contributed by atoms with Gasteiger partial charge in [0.15, 0.2) is 0 Å². The normalized spacial score (nSPS) is 11.4. The Morgan fingerprint density at radius 2 is 1.94 bits per heavy atom. The Balaban J connectivity index is 3.11. The summed E-state index contributed by atoms with van der Waals surface area (Å²) in [5, 5.41) is 8.80. The first-order valence-corrected chi connectivity index (χ1v) is 5.58. The van der Waals surface area contributed by atoms with Gasteiger partial charge in [-0.25, -0.2) is 0 Å². The van der Waals surface area contributed by atoms with Crippen LogP contribution in [0.25, 0.3) is 0 Å². The van der Waals surface area contributed by atoms with Crippen LogP contribution in [0, 0.1) is 17.2 Å². The van der Waals surface area contributed by atoms with Gasteiger partial charge >= 0.3 is 6.18 Å². The molecule has 1 rings (SSSR count). The summed E-state index contributed by atoms with van der Waals surface area (Å²) in [5.41, 5.74) is -0.601. The van der Waals surface area contributed by atoms with Gasteiger partial charge in [0.1, 0.15) is 0 Å². The third-order valence-electron chi connectivity index (χ3n) is 2.51. The summed E-state index contributed by atoms with van der Waals surface area (Å²) in [4.78, 5) is 1.84. The summed E-state index contributed by atoms with van der Waals surface area (Å²) >= 11 is 0. The third kappa shape index (κ3) is 3.39. The molecule has 0 atom stereocenters. The van der Waals surface area contributed by atoms with Crippen molar-refractivity contribution >= 4 is 5.69 Å². The quantitative estimate of drug-likeness (QED) is 0.825. The van der Waals surface area contributed by atoms with E-state index in [9.17, 15) is 13.2 Å². The summed E-state index contributed by atoms with van der Waals surface area (Å²) in [6.45, 7) is 4.76. The topological polar surface area (TPSA) is 27.0 Å². The smallest absolute Gasteiger partial charge is 0.374 e. The van der Waals surface area contributed by atoms with Crippen molar-refractivity contribution in [1.29, 1.82) is 5.26 Å². The van der Waals surface area contributed by atoms with E-state index < -0.39 is 11.7 Å². The second-order valence-electron chi connectivity index (χ2n) is 4.61. The summed E-state index contributed by atoms with van der Waals surface area (Å²) in [6, 6.07) is 5.24. The highest BCUT2D eigenvalue weighted by atomic mass is 19.4. The Morgan fingerprint density at radius 1 is 1.33 bits per heavy atom. The summed E-state index contributed by atoms with van der Waals surface area (Å²) in [5.74, 6) is 0.392. The predicted octanol–water partition coefficient (Wildman–Crippen LogP) is 3.67. The van der Waals surface area contributed by atoms with Gasteiger partial charge < -0.3 is 4.90 Å². The summed E-state index contributed by atoms with van der Waals surface area (Å²) < 4.78 is 37.8. The van der Waals surface area contributed by atoms with Gasteiger partial charge in [0.2, 0.25) is 0 Å². The molecule has 5 heteroatoms. The zero-order chi connectivity index (χ0) is 13.9. The van der Waals surface area contributed by atoms with Crippen molar-refractivity contribution in [2.75, 3.05) is 18.5 Å². The average molecular weight is 256 g/mol. The molecule has 0 spiro atoms. The van der Waals surface area contributed by atoms with Gasteiger partial charge in [-0.3, -0.25) is 0 Å². The lowest BCUT2D eigenvalue weighted by Gasteiger charge is -2.22. The van der Waals surface area contributed by atoms with Crippen LogP contribution in [0.15, 0.2) is 18.2 Å². The third-order valence-corrected chi connectivity index (χ3v) is 2.51. The van der Waals surface area contributed by atoms with E-state index in [1.807, 2.05) is 18.7 Å². The fraction of sp³-hybridized carbons (Fsp3) is 0.462. The molecule has 98 valence electrons. The van der Waals surface area contributed by atoms with Crippen molar-refractivity contribution in [3.05, 3.63) is 29.3 Å². The molecule has 1 aromatic carbocycles. The number of benzene rings is 1. The molecule has 0 bridgehead atoms. The van der Waals surface area contributed by atoms with Crippen molar-refractivity contribution in [3.63, 3.8) is 0 Å². The number of anilines is 1. The Bertz CT molecular complexity index is 458. The van der Waals surface area contributed by atoms with E-state index in [2.05, 4.69) is 0 Å². The van der Waals surface area contributed by atoms with Gasteiger partial charge in [0.25, 0.3) is 0 Å². The van der Waals surface area contributed by atoms with E-state index in [1.54, 1.807) is 13.1 Å². The van der Waals surface area contributed by atoms with Gasteiger partial charge in [-0.15, -0.1) is 0 Å². The van der Waals surface area contributed by atoms with E-state index >= 15 is 0 Å². The number of halogens is 3. The van der Waals surface area contributed by atoms with Crippen molar-refractivity contribution in [1.82, 2.24) is 0 Å². The molecule has 0 unspecified atom stereocenters. The highest BCUT2D eigenvalue weighted by molar-refractivity contribution is 5.54. The molecule has 0 fully saturated rings. The molecule has 1 aromatic rings. The van der Waals surface area contributed by atoms with E-state index in [0.29, 0.717) is 11.6 Å². The van der Waals surface area contributed by atoms with Gasteiger partial charge in [-0.2, -0.15) is 18.4 Å². The largest absolute Gasteiger partial charge is 0.417 e. The van der Waals surface area contributed by atoms with Gasteiger partial charge in [-0.1, -0.05) is 13.8 Å². The van der Waals surface area contributed by atoms with Crippen LogP contribution in [0.2, 0.25) is 0 Å². The average Bonchev–Trinajstić information content (AvgIpc) is 2.26. The molecule has 0 heterocycles. The molecule has 0 amide bonds. The van der Waals surface area contributed by atoms with Crippen LogP contribution >= 0.6 is 0 Å². The second-order valence-corrected chi connectivity index (χ2v) is 4.61. The van der Waals surface area contributed by atoms with E-state index in [0.717, 1.165) is 12.6 Å². The molecule has 0 saturated carbocycles. The molecule has 0 radical (unpaired) electrons. The van der Waals surface area contributed by atoms with Crippen LogP contribution in [0.4, 0.5) is 18.9 Å². The molecule has 0 aromatic heterocycles. The van der Waals surface area contributed by atoms with Crippen molar-refractivity contribution in [3.8, 4) is 6.07 Å². The summed E-state index contributed by atoms with van der Waals surface area (Å²) in [6.07, 6.45) is -4.49. The van der Waals surface area contributed by atoms with Crippen molar-refractivity contribution < 1.29 is 13.2 Å². The van der Waals surface area contributed by atoms with Crippen LogP contribution in [-0.4, -0.2) is 13.6 Å². The zero-order valence-corrected chi connectivity index (χ0v) is 10.5. The molecule has 0 saturated heterocycles. The number of alkyl halides is 3. The van der Waals surface area contributed by atoms with E-state index in [-0.39, 0.29) is 5.56 Å². The summed E-state index contributed by atoms with van der Waals surface area (Å²) in [7, 11) is 1.80. The van der Waals surface area contributed by atoms with Crippen molar-refractivity contribution in [2.24, 2.45) is 5.92 Å². The van der Waals surface area contributed by atoms with Crippen LogP contribution in [0.3, 0.4) is 0 Å². The monoisotopic (exact) mass is 256 g/mol. The number of nitrogens with zero attached hydrogens (tertiary/aromatic N) is 2. The lowest BCUT2D eigenvalue weighted by molar-refractivity contribution is -0.137. The molecule has 0 N–H and O–H groups in total. The number of hydrogen-bond acceptors (Lipinski definition) is 2. The van der Waals surface area contributed by atoms with Crippen LogP contribution < -0.4 is 4.90 Å². The minimum atomic E-state index is -4.49. The number of nitriles is 1. The Kier molecular flexibility index (Phi) is 4.23. The first-order valence-electron chi connectivity index (χ1n) is 5.58. The van der Waals surface area contributed by atoms with Crippen LogP contribution in [0.5, 0.6) is 0 Å². The first-order chi connectivity index (χ1) is 8.25. The van der Waals surface area contributed by atoms with Gasteiger partial charge in [0.05, 0.1) is 17.2 Å². The maximum Gasteiger partial charge on any atom is 0.417 e. The minimum Gasteiger partial charge on any atom is -0.374 e. The maximum atomic E-state index is 12.6. The molecule has 18 heavy (non-hydrogen) atoms. The SMILES string of the molecule is CC(C)CN(C)c1ccc(C(F)(F)F)c(C#N)c1. The highest BCUT2D eigenvalue weighted by Crippen LogP contribution is 2.33. The molecule has 0 aliphatic carbocycles. The lowest BCUT2D eigenvalue weighted by atomic mass is 10.1. The Hall–Kier alpha value is -1.70. The standard InChI is InChI=1S/C13H15F3N2/c1-9(2)8-18(3)11-4-5-12(13(14,15)16)10(6-11)7-17/h4-6,9H,8H2,1-3H3. The molecule has 2 nitrogen and oxygen atoms in total. The molecular formula is C13H15F3N2.